The Morgan fingerprint density at radius 3 is 1.97 bits per heavy atom. The fourth-order valence-corrected chi connectivity index (χ4v) is 4.18. The number of hydrogen-bond donors (Lipinski definition) is 0. The summed E-state index contributed by atoms with van der Waals surface area (Å²) in [5.41, 5.74) is -1.73. The van der Waals surface area contributed by atoms with E-state index in [9.17, 15) is 26.7 Å². The van der Waals surface area contributed by atoms with Gasteiger partial charge in [0.1, 0.15) is 11.3 Å². The molecule has 1 aliphatic rings. The van der Waals surface area contributed by atoms with Crippen LogP contribution >= 0.6 is 34.8 Å². The van der Waals surface area contributed by atoms with Crippen LogP contribution < -0.4 is 4.74 Å². The molecule has 1 aliphatic heterocycles. The van der Waals surface area contributed by atoms with E-state index in [1.165, 1.54) is 12.1 Å². The van der Waals surface area contributed by atoms with Gasteiger partial charge in [0.05, 0.1) is 28.7 Å². The van der Waals surface area contributed by atoms with Crippen LogP contribution in [0.1, 0.15) is 23.0 Å². The minimum atomic E-state index is -2.41. The predicted octanol–water partition coefficient (Wildman–Crippen LogP) is 6.50. The van der Waals surface area contributed by atoms with E-state index in [1.807, 2.05) is 0 Å². The third kappa shape index (κ3) is 3.84. The van der Waals surface area contributed by atoms with Crippen LogP contribution in [0.3, 0.4) is 0 Å². The molecule has 13 heteroatoms. The average molecular weight is 529 g/mol. The molecule has 1 aromatic heterocycles. The quantitative estimate of drug-likeness (QED) is 0.127. The maximum Gasteiger partial charge on any atom is 0.349 e. The highest BCUT2D eigenvalue weighted by Gasteiger charge is 2.45. The summed E-state index contributed by atoms with van der Waals surface area (Å²) in [5.74, 6) is -15.1. The zero-order chi connectivity index (χ0) is 24.2. The van der Waals surface area contributed by atoms with Crippen molar-refractivity contribution in [2.45, 2.75) is 12.3 Å². The van der Waals surface area contributed by atoms with Crippen molar-refractivity contribution in [1.29, 1.82) is 0 Å². The average Bonchev–Trinajstić information content (AvgIpc) is 3.16. The first-order valence-electron chi connectivity index (χ1n) is 8.92. The minimum absolute atomic E-state index is 0.0362. The third-order valence-corrected chi connectivity index (χ3v) is 5.71. The van der Waals surface area contributed by atoms with Crippen LogP contribution in [0.2, 0.25) is 15.1 Å². The Kier molecular flexibility index (Phi) is 6.06. The first kappa shape index (κ1) is 23.7. The molecule has 4 rings (SSSR count). The number of rotatable bonds is 4. The molecule has 0 saturated carbocycles. The topological polar surface area (TPSA) is 61.6 Å². The van der Waals surface area contributed by atoms with Gasteiger partial charge in [-0.25, -0.2) is 18.0 Å². The van der Waals surface area contributed by atoms with Crippen molar-refractivity contribution in [3.8, 4) is 17.0 Å². The van der Waals surface area contributed by atoms with Gasteiger partial charge in [-0.2, -0.15) is 8.78 Å². The molecule has 3 aromatic rings. The highest BCUT2D eigenvalue weighted by Crippen LogP contribution is 2.43. The van der Waals surface area contributed by atoms with Crippen LogP contribution in [0.5, 0.6) is 5.75 Å². The Morgan fingerprint density at radius 2 is 1.48 bits per heavy atom. The first-order chi connectivity index (χ1) is 15.5. The molecule has 0 spiro atoms. The molecule has 0 unspecified atom stereocenters. The van der Waals surface area contributed by atoms with Gasteiger partial charge in [-0.05, 0) is 19.1 Å². The minimum Gasteiger partial charge on any atom is -0.416 e. The number of carbonyl (C=O) groups excluding carboxylic acids is 1. The number of aromatic nitrogens is 1. The van der Waals surface area contributed by atoms with Crippen LogP contribution in [0.4, 0.5) is 22.0 Å². The Hall–Kier alpha value is -2.40. The summed E-state index contributed by atoms with van der Waals surface area (Å²) < 4.78 is 83.7. The number of nitrogens with zero attached hydrogens (tertiary/aromatic N) is 1. The molecule has 2 heterocycles. The van der Waals surface area contributed by atoms with E-state index in [0.717, 1.165) is 0 Å². The van der Waals surface area contributed by atoms with Crippen LogP contribution in [-0.4, -0.2) is 24.3 Å². The molecule has 0 atom stereocenters. The number of benzene rings is 2. The number of hydrogen-bond acceptors (Lipinski definition) is 5. The lowest BCUT2D eigenvalue weighted by molar-refractivity contribution is -0.0623. The number of ether oxygens (including phenoxy) is 2. The Labute approximate surface area is 196 Å². The van der Waals surface area contributed by atoms with Gasteiger partial charge in [-0.1, -0.05) is 40.0 Å². The van der Waals surface area contributed by atoms with E-state index in [2.05, 4.69) is 9.89 Å². The number of carbonyl (C=O) groups is 1. The van der Waals surface area contributed by atoms with E-state index >= 15 is 0 Å². The fraction of sp³-hybridized carbons (Fsp3) is 0.200. The molecule has 0 aliphatic carbocycles. The standard InChI is InChI=1S/C20H9Cl3F5NO4/c1-20(4-31-5-20)18-10(16(29-33-18)9-7(22)2-6(21)3-8(9)23)19(30)32-17-14(27)12(25)11(24)13(26)15(17)28/h2-3H,4-5H2,1H3. The summed E-state index contributed by atoms with van der Waals surface area (Å²) in [5, 5.41) is 3.83. The van der Waals surface area contributed by atoms with Crippen LogP contribution in [0.25, 0.3) is 11.3 Å². The second kappa shape index (κ2) is 8.43. The highest BCUT2D eigenvalue weighted by molar-refractivity contribution is 6.42. The molecule has 174 valence electrons. The van der Waals surface area contributed by atoms with Crippen molar-refractivity contribution in [3.63, 3.8) is 0 Å². The van der Waals surface area contributed by atoms with Crippen molar-refractivity contribution < 1.29 is 40.7 Å². The molecule has 0 N–H and O–H groups in total. The second-order valence-electron chi connectivity index (χ2n) is 7.32. The SMILES string of the molecule is CC1(c2onc(-c3c(Cl)cc(Cl)cc3Cl)c2C(=O)Oc2c(F)c(F)c(F)c(F)c2F)COC1. The summed E-state index contributed by atoms with van der Waals surface area (Å²) in [6, 6.07) is 2.57. The van der Waals surface area contributed by atoms with Gasteiger partial charge in [0.2, 0.25) is 34.8 Å². The normalized spacial score (nSPS) is 14.8. The lowest BCUT2D eigenvalue weighted by Gasteiger charge is -2.35. The summed E-state index contributed by atoms with van der Waals surface area (Å²) >= 11 is 18.3. The maximum atomic E-state index is 14.1. The van der Waals surface area contributed by atoms with Crippen molar-refractivity contribution in [2.24, 2.45) is 0 Å². The van der Waals surface area contributed by atoms with E-state index < -0.39 is 51.8 Å². The molecular formula is C20H9Cl3F5NO4. The van der Waals surface area contributed by atoms with Gasteiger partial charge in [-0.15, -0.1) is 0 Å². The van der Waals surface area contributed by atoms with Crippen molar-refractivity contribution in [1.82, 2.24) is 5.16 Å². The zero-order valence-corrected chi connectivity index (χ0v) is 18.4. The molecule has 33 heavy (non-hydrogen) atoms. The molecule has 2 aromatic carbocycles. The third-order valence-electron chi connectivity index (χ3n) is 4.89. The van der Waals surface area contributed by atoms with Gasteiger partial charge in [0.15, 0.2) is 5.76 Å². The zero-order valence-electron chi connectivity index (χ0n) is 16.2. The van der Waals surface area contributed by atoms with Gasteiger partial charge < -0.3 is 14.0 Å². The molecule has 0 radical (unpaired) electrons. The number of halogens is 8. The molecule has 0 bridgehead atoms. The van der Waals surface area contributed by atoms with Crippen LogP contribution in [-0.2, 0) is 10.2 Å². The largest absolute Gasteiger partial charge is 0.416 e. The van der Waals surface area contributed by atoms with Gasteiger partial charge in [0, 0.05) is 10.6 Å². The fourth-order valence-electron chi connectivity index (χ4n) is 3.19. The molecule has 0 amide bonds. The maximum absolute atomic E-state index is 14.1. The van der Waals surface area contributed by atoms with E-state index in [-0.39, 0.29) is 45.3 Å². The first-order valence-corrected chi connectivity index (χ1v) is 10.1. The van der Waals surface area contributed by atoms with Gasteiger partial charge >= 0.3 is 5.97 Å². The van der Waals surface area contributed by atoms with E-state index in [1.54, 1.807) is 6.92 Å². The van der Waals surface area contributed by atoms with Gasteiger partial charge in [-0.3, -0.25) is 0 Å². The smallest absolute Gasteiger partial charge is 0.349 e. The van der Waals surface area contributed by atoms with Crippen molar-refractivity contribution >= 4 is 40.8 Å². The Bertz CT molecular complexity index is 1260. The summed E-state index contributed by atoms with van der Waals surface area (Å²) in [6.07, 6.45) is 0. The Morgan fingerprint density at radius 1 is 0.970 bits per heavy atom. The lowest BCUT2D eigenvalue weighted by Crippen LogP contribution is -2.44. The van der Waals surface area contributed by atoms with Crippen LogP contribution in [0.15, 0.2) is 16.7 Å². The van der Waals surface area contributed by atoms with Gasteiger partial charge in [0.25, 0.3) is 0 Å². The van der Waals surface area contributed by atoms with E-state index in [4.69, 9.17) is 44.1 Å². The lowest BCUT2D eigenvalue weighted by atomic mass is 9.82. The Balaban J connectivity index is 1.89. The van der Waals surface area contributed by atoms with Crippen LogP contribution in [0, 0.1) is 29.1 Å². The summed E-state index contributed by atoms with van der Waals surface area (Å²) in [4.78, 5) is 13.0. The monoisotopic (exact) mass is 527 g/mol. The predicted molar refractivity (Wildman–Crippen MR) is 106 cm³/mol. The number of esters is 1. The summed E-state index contributed by atoms with van der Waals surface area (Å²) in [6.45, 7) is 1.78. The molecule has 1 saturated heterocycles. The van der Waals surface area contributed by atoms with E-state index in [0.29, 0.717) is 0 Å². The molecular weight excluding hydrogens is 520 g/mol. The second-order valence-corrected chi connectivity index (χ2v) is 8.57. The highest BCUT2D eigenvalue weighted by atomic mass is 35.5. The summed E-state index contributed by atoms with van der Waals surface area (Å²) in [7, 11) is 0. The molecule has 5 nitrogen and oxygen atoms in total. The van der Waals surface area contributed by atoms with Crippen molar-refractivity contribution in [2.75, 3.05) is 13.2 Å². The molecule has 1 fully saturated rings. The van der Waals surface area contributed by atoms with Crippen molar-refractivity contribution in [3.05, 3.63) is 67.6 Å².